The third-order valence-electron chi connectivity index (χ3n) is 4.89. The predicted molar refractivity (Wildman–Crippen MR) is 118 cm³/mol. The number of nitrogen functional groups attached to an aromatic ring is 1. The van der Waals surface area contributed by atoms with Gasteiger partial charge in [0.2, 0.25) is 0 Å². The molecule has 0 saturated carbocycles. The molecule has 0 atom stereocenters. The molecule has 0 aliphatic carbocycles. The summed E-state index contributed by atoms with van der Waals surface area (Å²) >= 11 is 0. The van der Waals surface area contributed by atoms with Crippen molar-refractivity contribution in [2.75, 3.05) is 12.3 Å². The minimum atomic E-state index is -1.19. The Kier molecular flexibility index (Phi) is 6.02. The monoisotopic (exact) mass is 437 g/mol. The van der Waals surface area contributed by atoms with Crippen molar-refractivity contribution in [1.29, 1.82) is 0 Å². The SMILES string of the molecule is Cc1nc2cccc(OCC(C)(C)NC(=O)c3cccc(C=O)c3O)c2c(N)c1C(=O)O. The summed E-state index contributed by atoms with van der Waals surface area (Å²) in [6.07, 6.45) is 0.465. The Morgan fingerprint density at radius 1 is 1.22 bits per heavy atom. The van der Waals surface area contributed by atoms with E-state index in [0.29, 0.717) is 28.6 Å². The zero-order valence-electron chi connectivity index (χ0n) is 17.8. The number of carboxylic acids is 1. The lowest BCUT2D eigenvalue weighted by molar-refractivity contribution is 0.0696. The number of aldehydes is 1. The van der Waals surface area contributed by atoms with Crippen molar-refractivity contribution < 1.29 is 29.3 Å². The molecule has 1 heterocycles. The van der Waals surface area contributed by atoms with E-state index in [4.69, 9.17) is 10.5 Å². The number of fused-ring (bicyclic) bond motifs is 1. The minimum absolute atomic E-state index is 0.00169. The van der Waals surface area contributed by atoms with Crippen LogP contribution in [0.2, 0.25) is 0 Å². The zero-order chi connectivity index (χ0) is 23.6. The number of aromatic nitrogens is 1. The summed E-state index contributed by atoms with van der Waals surface area (Å²) in [5, 5.41) is 22.7. The summed E-state index contributed by atoms with van der Waals surface area (Å²) in [6.45, 7) is 5.00. The average molecular weight is 437 g/mol. The number of hydrogen-bond donors (Lipinski definition) is 4. The number of phenolic OH excluding ortho intramolecular Hbond substituents is 1. The number of pyridine rings is 1. The van der Waals surface area contributed by atoms with Crippen LogP contribution in [0.1, 0.15) is 50.6 Å². The molecule has 9 heteroatoms. The van der Waals surface area contributed by atoms with E-state index >= 15 is 0 Å². The maximum absolute atomic E-state index is 12.6. The van der Waals surface area contributed by atoms with Crippen LogP contribution in [-0.2, 0) is 0 Å². The number of ether oxygens (including phenoxy) is 1. The number of carboxylic acid groups (broad SMARTS) is 1. The molecule has 1 amide bonds. The quantitative estimate of drug-likeness (QED) is 0.412. The van der Waals surface area contributed by atoms with Crippen LogP contribution in [0.4, 0.5) is 5.69 Å². The van der Waals surface area contributed by atoms with Crippen molar-refractivity contribution >= 4 is 34.8 Å². The van der Waals surface area contributed by atoms with E-state index < -0.39 is 23.2 Å². The van der Waals surface area contributed by atoms with E-state index in [1.54, 1.807) is 39.0 Å². The Bertz CT molecular complexity index is 1240. The molecule has 0 bridgehead atoms. The van der Waals surface area contributed by atoms with Gasteiger partial charge in [-0.05, 0) is 45.0 Å². The van der Waals surface area contributed by atoms with Crippen molar-refractivity contribution in [3.63, 3.8) is 0 Å². The fraction of sp³-hybridized carbons (Fsp3) is 0.217. The molecule has 3 rings (SSSR count). The second-order valence-corrected chi connectivity index (χ2v) is 7.93. The van der Waals surface area contributed by atoms with Gasteiger partial charge in [0.05, 0.1) is 39.0 Å². The summed E-state index contributed by atoms with van der Waals surface area (Å²) < 4.78 is 5.91. The van der Waals surface area contributed by atoms with Crippen molar-refractivity contribution in [3.8, 4) is 11.5 Å². The van der Waals surface area contributed by atoms with Gasteiger partial charge in [-0.15, -0.1) is 0 Å². The summed E-state index contributed by atoms with van der Waals surface area (Å²) in [7, 11) is 0. The van der Waals surface area contributed by atoms with Crippen LogP contribution in [0, 0.1) is 6.92 Å². The highest BCUT2D eigenvalue weighted by molar-refractivity contribution is 6.06. The van der Waals surface area contributed by atoms with Gasteiger partial charge in [0, 0.05) is 0 Å². The summed E-state index contributed by atoms with van der Waals surface area (Å²) in [4.78, 5) is 39.6. The standard InChI is InChI=1S/C23H23N3O6/c1-12-17(22(30)31)19(24)18-15(25-12)8-5-9-16(18)32-11-23(2,3)26-21(29)14-7-4-6-13(10-27)20(14)28/h4-10,28H,11H2,1-3H3,(H2,24,25)(H,26,29)(H,30,31). The molecular formula is C23H23N3O6. The van der Waals surface area contributed by atoms with E-state index in [1.807, 2.05) is 0 Å². The van der Waals surface area contributed by atoms with Crippen molar-refractivity contribution in [2.24, 2.45) is 0 Å². The first-order chi connectivity index (χ1) is 15.1. The fourth-order valence-corrected chi connectivity index (χ4v) is 3.34. The number of amides is 1. The van der Waals surface area contributed by atoms with E-state index in [1.165, 1.54) is 18.2 Å². The molecule has 2 aromatic carbocycles. The molecule has 0 aliphatic rings. The lowest BCUT2D eigenvalue weighted by Crippen LogP contribution is -2.47. The Hall–Kier alpha value is -4.14. The molecule has 0 aliphatic heterocycles. The molecule has 0 saturated heterocycles. The number of phenols is 1. The van der Waals surface area contributed by atoms with E-state index in [0.717, 1.165) is 0 Å². The number of aromatic hydroxyl groups is 1. The third-order valence-corrected chi connectivity index (χ3v) is 4.89. The lowest BCUT2D eigenvalue weighted by Gasteiger charge is -2.27. The van der Waals surface area contributed by atoms with Crippen LogP contribution in [0.25, 0.3) is 10.9 Å². The van der Waals surface area contributed by atoms with Crippen LogP contribution in [0.5, 0.6) is 11.5 Å². The summed E-state index contributed by atoms with van der Waals surface area (Å²) in [5.41, 5.74) is 5.95. The number of carbonyl (C=O) groups excluding carboxylic acids is 2. The van der Waals surface area contributed by atoms with Crippen LogP contribution in [0.15, 0.2) is 36.4 Å². The molecule has 0 radical (unpaired) electrons. The number of nitrogens with zero attached hydrogens (tertiary/aromatic N) is 1. The van der Waals surface area contributed by atoms with Gasteiger partial charge in [-0.25, -0.2) is 4.79 Å². The number of carbonyl (C=O) groups is 3. The van der Waals surface area contributed by atoms with Gasteiger partial charge in [0.15, 0.2) is 6.29 Å². The number of anilines is 1. The average Bonchev–Trinajstić information content (AvgIpc) is 2.71. The molecule has 5 N–H and O–H groups in total. The number of nitrogens with two attached hydrogens (primary N) is 1. The first-order valence-corrected chi connectivity index (χ1v) is 9.70. The van der Waals surface area contributed by atoms with Gasteiger partial charge < -0.3 is 26.0 Å². The highest BCUT2D eigenvalue weighted by Gasteiger charge is 2.25. The smallest absolute Gasteiger partial charge is 0.339 e. The highest BCUT2D eigenvalue weighted by atomic mass is 16.5. The number of aryl methyl sites for hydroxylation is 1. The van der Waals surface area contributed by atoms with Crippen molar-refractivity contribution in [2.45, 2.75) is 26.3 Å². The van der Waals surface area contributed by atoms with Gasteiger partial charge in [-0.2, -0.15) is 0 Å². The van der Waals surface area contributed by atoms with Crippen molar-refractivity contribution in [1.82, 2.24) is 10.3 Å². The highest BCUT2D eigenvalue weighted by Crippen LogP contribution is 2.34. The van der Waals surface area contributed by atoms with E-state index in [2.05, 4.69) is 10.3 Å². The number of para-hydroxylation sites is 1. The molecule has 1 aromatic heterocycles. The second-order valence-electron chi connectivity index (χ2n) is 7.93. The Morgan fingerprint density at radius 3 is 2.56 bits per heavy atom. The molecule has 32 heavy (non-hydrogen) atoms. The zero-order valence-corrected chi connectivity index (χ0v) is 17.8. The molecular weight excluding hydrogens is 414 g/mol. The van der Waals surface area contributed by atoms with Gasteiger partial charge in [-0.1, -0.05) is 12.1 Å². The molecule has 0 unspecified atom stereocenters. The molecule has 0 spiro atoms. The van der Waals surface area contributed by atoms with Crippen molar-refractivity contribution in [3.05, 3.63) is 58.8 Å². The molecule has 166 valence electrons. The number of rotatable bonds is 7. The maximum Gasteiger partial charge on any atom is 0.339 e. The lowest BCUT2D eigenvalue weighted by atomic mass is 10.0. The van der Waals surface area contributed by atoms with E-state index in [-0.39, 0.29) is 29.0 Å². The number of hydrogen-bond acceptors (Lipinski definition) is 7. The number of benzene rings is 2. The van der Waals surface area contributed by atoms with Crippen LogP contribution in [0.3, 0.4) is 0 Å². The van der Waals surface area contributed by atoms with Gasteiger partial charge in [0.1, 0.15) is 23.7 Å². The molecule has 3 aromatic rings. The van der Waals surface area contributed by atoms with Gasteiger partial charge in [-0.3, -0.25) is 14.6 Å². The normalized spacial score (nSPS) is 11.2. The second kappa shape index (κ2) is 8.54. The van der Waals surface area contributed by atoms with E-state index in [9.17, 15) is 24.6 Å². The topological polar surface area (TPSA) is 152 Å². The molecule has 9 nitrogen and oxygen atoms in total. The minimum Gasteiger partial charge on any atom is -0.506 e. The molecule has 0 fully saturated rings. The van der Waals surface area contributed by atoms with Crippen LogP contribution in [-0.4, -0.2) is 45.5 Å². The van der Waals surface area contributed by atoms with Crippen LogP contribution < -0.4 is 15.8 Å². The summed E-state index contributed by atoms with van der Waals surface area (Å²) in [6, 6.07) is 9.35. The first kappa shape index (κ1) is 22.5. The largest absolute Gasteiger partial charge is 0.506 e. The third kappa shape index (κ3) is 4.31. The number of nitrogens with one attached hydrogen (secondary N) is 1. The fourth-order valence-electron chi connectivity index (χ4n) is 3.34. The Balaban J connectivity index is 1.86. The predicted octanol–water partition coefficient (Wildman–Crippen LogP) is 2.93. The number of aromatic carboxylic acids is 1. The maximum atomic E-state index is 12.6. The summed E-state index contributed by atoms with van der Waals surface area (Å²) in [5.74, 6) is -1.85. The Labute approximate surface area is 183 Å². The van der Waals surface area contributed by atoms with Gasteiger partial charge >= 0.3 is 5.97 Å². The Morgan fingerprint density at radius 2 is 1.91 bits per heavy atom. The van der Waals surface area contributed by atoms with Crippen LogP contribution >= 0.6 is 0 Å². The van der Waals surface area contributed by atoms with Gasteiger partial charge in [0.25, 0.3) is 5.91 Å². The first-order valence-electron chi connectivity index (χ1n) is 9.70.